The normalized spacial score (nSPS) is 13.6. The number of carbonyl (C=O) groups is 6. The second-order valence-electron chi connectivity index (χ2n) is 37.4. The van der Waals surface area contributed by atoms with E-state index in [1.54, 1.807) is 14.2 Å². The van der Waals surface area contributed by atoms with Crippen LogP contribution in [0.15, 0.2) is 255 Å². The summed E-state index contributed by atoms with van der Waals surface area (Å²) in [5, 5.41) is 4.43. The topological polar surface area (TPSA) is 176 Å². The van der Waals surface area contributed by atoms with E-state index in [0.717, 1.165) is 118 Å². The van der Waals surface area contributed by atoms with Gasteiger partial charge in [0.05, 0.1) is 48.2 Å². The van der Waals surface area contributed by atoms with Crippen LogP contribution in [-0.2, 0) is 70.0 Å². The van der Waals surface area contributed by atoms with Gasteiger partial charge in [0.2, 0.25) is 0 Å². The third-order valence-corrected chi connectivity index (χ3v) is 26.3. The van der Waals surface area contributed by atoms with Crippen LogP contribution in [0.25, 0.3) is 66.1 Å². The number of methoxy groups -OCH3 is 2. The quantitative estimate of drug-likeness (QED) is 0.0334. The minimum atomic E-state index is -0.446. The number of hydrogen-bond donors (Lipinski definition) is 0. The number of rotatable bonds is 28. The molecule has 0 spiro atoms. The zero-order chi connectivity index (χ0) is 97.2. The molecule has 12 aromatic carbocycles. The first-order valence-corrected chi connectivity index (χ1v) is 47.4. The Morgan fingerprint density at radius 2 is 0.511 bits per heavy atom. The second-order valence-corrected chi connectivity index (χ2v) is 37.4. The van der Waals surface area contributed by atoms with Gasteiger partial charge in [0.1, 0.15) is 48.1 Å². The maximum atomic E-state index is 12.3. The van der Waals surface area contributed by atoms with Crippen molar-refractivity contribution >= 4 is 57.4 Å². The van der Waals surface area contributed by atoms with Crippen LogP contribution in [0.1, 0.15) is 287 Å². The first-order valence-electron chi connectivity index (χ1n) is 47.4. The van der Waals surface area contributed by atoms with Gasteiger partial charge in [-0.3, -0.25) is 28.8 Å². The Hall–Kier alpha value is -12.4. The summed E-state index contributed by atoms with van der Waals surface area (Å²) < 4.78 is 44.0. The van der Waals surface area contributed by atoms with Gasteiger partial charge in [-0.05, 0) is 306 Å². The Labute approximate surface area is 792 Å². The molecule has 14 rings (SSSR count). The smallest absolute Gasteiger partial charge is 0.312 e. The minimum Gasteiger partial charge on any atom is -0.497 e. The lowest BCUT2D eigenvalue weighted by atomic mass is 9.90. The van der Waals surface area contributed by atoms with E-state index in [2.05, 4.69) is 184 Å². The number of fused-ring (bicyclic) bond motifs is 8. The van der Waals surface area contributed by atoms with Gasteiger partial charge in [-0.15, -0.1) is 0 Å². The number of esters is 6. The molecule has 14 nitrogen and oxygen atoms in total. The van der Waals surface area contributed by atoms with Crippen molar-refractivity contribution in [3.05, 3.63) is 322 Å². The first kappa shape index (κ1) is 104. The molecule has 0 amide bonds. The van der Waals surface area contributed by atoms with E-state index in [0.29, 0.717) is 0 Å². The van der Waals surface area contributed by atoms with Crippen molar-refractivity contribution in [2.24, 2.45) is 34.0 Å². The van der Waals surface area contributed by atoms with Crippen LogP contribution in [0.5, 0.6) is 11.5 Å². The van der Waals surface area contributed by atoms with E-state index in [4.69, 9.17) is 37.9 Å². The van der Waals surface area contributed by atoms with Crippen LogP contribution in [-0.4, -0.2) is 50.0 Å². The molecule has 0 heterocycles. The van der Waals surface area contributed by atoms with Gasteiger partial charge < -0.3 is 37.9 Å². The van der Waals surface area contributed by atoms with E-state index in [1.807, 2.05) is 230 Å². The molecule has 0 fully saturated rings. The SMILES string of the molecule is CCC(C)(C)C(=O)OC(C)c1ccc(-c2ccc(C)cc2)cc1.CCC(C)(C)C(=O)OC(C)c1ccc2c(c1)Cc1ccccc1-2.CCC(C)(C)C(=O)OC(C)c1ccc2cc(OC)ccc2c1.CCC(C)C(=O)OC(C)c1ccc(-c2ccc(C)cc2)cc1.CCC(C)C(=O)OC(C)c1ccc2c(c1)Cc1ccccc1-2.CCC(C)C(=O)OC(C)c1ccc2cc(OC)ccc2c1. The summed E-state index contributed by atoms with van der Waals surface area (Å²) >= 11 is 0. The number of ether oxygens (including phenoxy) is 8. The Bertz CT molecular complexity index is 5880. The average molecular weight is 1800 g/mol. The molecule has 9 atom stereocenters. The van der Waals surface area contributed by atoms with Crippen LogP contribution in [0.3, 0.4) is 0 Å². The van der Waals surface area contributed by atoms with Gasteiger partial charge in [-0.2, -0.15) is 0 Å². The van der Waals surface area contributed by atoms with Gasteiger partial charge in [-0.25, -0.2) is 0 Å². The molecule has 12 aromatic rings. The van der Waals surface area contributed by atoms with Crippen molar-refractivity contribution in [1.29, 1.82) is 0 Å². The summed E-state index contributed by atoms with van der Waals surface area (Å²) in [6.07, 6.45) is 5.27. The molecule has 14 heteroatoms. The molecular weight excluding hydrogens is 1650 g/mol. The number of hydrogen-bond acceptors (Lipinski definition) is 14. The fourth-order valence-corrected chi connectivity index (χ4v) is 14.6. The lowest BCUT2D eigenvalue weighted by Crippen LogP contribution is -2.26. The maximum Gasteiger partial charge on any atom is 0.312 e. The lowest BCUT2D eigenvalue weighted by molar-refractivity contribution is -0.160. The fourth-order valence-electron chi connectivity index (χ4n) is 14.6. The zero-order valence-corrected chi connectivity index (χ0v) is 83.3. The van der Waals surface area contributed by atoms with E-state index >= 15 is 0 Å². The molecule has 0 aliphatic heterocycles. The van der Waals surface area contributed by atoms with Crippen LogP contribution in [0, 0.1) is 47.8 Å². The molecule has 0 bridgehead atoms. The molecule has 2 aliphatic rings. The molecule has 0 saturated carbocycles. The molecule has 0 aromatic heterocycles. The fraction of sp³-hybridized carbons (Fsp3) is 0.378. The maximum absolute atomic E-state index is 12.3. The minimum absolute atomic E-state index is 0.0406. The van der Waals surface area contributed by atoms with Crippen molar-refractivity contribution in [2.75, 3.05) is 14.2 Å². The number of aryl methyl sites for hydroxylation is 2. The third kappa shape index (κ3) is 28.6. The van der Waals surface area contributed by atoms with E-state index in [9.17, 15) is 28.8 Å². The van der Waals surface area contributed by atoms with Gasteiger partial charge >= 0.3 is 35.8 Å². The second kappa shape index (κ2) is 48.3. The molecular formula is C119H142O14. The van der Waals surface area contributed by atoms with E-state index < -0.39 is 16.2 Å². The molecule has 133 heavy (non-hydrogen) atoms. The van der Waals surface area contributed by atoms with Gasteiger partial charge in [-0.1, -0.05) is 292 Å². The average Bonchev–Trinajstić information content (AvgIpc) is 1.65. The monoisotopic (exact) mass is 1800 g/mol. The highest BCUT2D eigenvalue weighted by Crippen LogP contribution is 2.42. The van der Waals surface area contributed by atoms with Gasteiger partial charge in [0.15, 0.2) is 0 Å². The lowest BCUT2D eigenvalue weighted by Gasteiger charge is -2.24. The predicted molar refractivity (Wildman–Crippen MR) is 541 cm³/mol. The number of carbonyl (C=O) groups excluding carboxylic acids is 6. The van der Waals surface area contributed by atoms with Crippen LogP contribution >= 0.6 is 0 Å². The zero-order valence-electron chi connectivity index (χ0n) is 83.3. The molecule has 0 radical (unpaired) electrons. The van der Waals surface area contributed by atoms with Crippen molar-refractivity contribution in [2.45, 2.75) is 247 Å². The summed E-state index contributed by atoms with van der Waals surface area (Å²) in [6, 6.07) is 87.3. The van der Waals surface area contributed by atoms with Crippen molar-refractivity contribution in [1.82, 2.24) is 0 Å². The molecule has 702 valence electrons. The summed E-state index contributed by atoms with van der Waals surface area (Å²) in [5.74, 6) is 0.725. The molecule has 0 N–H and O–H groups in total. The Balaban J connectivity index is 0.000000179. The van der Waals surface area contributed by atoms with Gasteiger partial charge in [0.25, 0.3) is 0 Å². The van der Waals surface area contributed by atoms with Gasteiger partial charge in [0, 0.05) is 0 Å². The van der Waals surface area contributed by atoms with Crippen LogP contribution in [0.4, 0.5) is 0 Å². The van der Waals surface area contributed by atoms with Crippen LogP contribution in [0.2, 0.25) is 0 Å². The third-order valence-electron chi connectivity index (χ3n) is 26.3. The molecule has 0 saturated heterocycles. The van der Waals surface area contributed by atoms with E-state index in [-0.39, 0.29) is 90.2 Å². The van der Waals surface area contributed by atoms with E-state index in [1.165, 1.54) is 77.9 Å². The Morgan fingerprint density at radius 1 is 0.271 bits per heavy atom. The van der Waals surface area contributed by atoms with Crippen molar-refractivity contribution in [3.63, 3.8) is 0 Å². The summed E-state index contributed by atoms with van der Waals surface area (Å²) in [7, 11) is 3.32. The van der Waals surface area contributed by atoms with Crippen LogP contribution < -0.4 is 9.47 Å². The molecule has 9 unspecified atom stereocenters. The highest BCUT2D eigenvalue weighted by atomic mass is 16.6. The summed E-state index contributed by atoms with van der Waals surface area (Å²) in [4.78, 5) is 72.3. The summed E-state index contributed by atoms with van der Waals surface area (Å²) in [5.41, 5.74) is 22.8. The first-order chi connectivity index (χ1) is 63.3. The van der Waals surface area contributed by atoms with Crippen molar-refractivity contribution in [3.8, 4) is 56.0 Å². The predicted octanol–water partition coefficient (Wildman–Crippen LogP) is 30.6. The standard InChI is InChI=1S/C21H24O2.C21H26O2.C20H22O2.C20H24O2.C19H24O3.C18H22O3/c1-5-21(3,4)20(22)23-14(2)15-10-11-19-17(12-15)13-16-8-6-7-9-18(16)19;1-6-21(4,5)20(22)23-16(3)17-11-13-19(14-12-17)18-9-7-15(2)8-10-18;1-4-13(2)20(21)22-14(3)15-9-10-19-17(11-15)12-16-7-5-6-8-18(16)19;1-5-15(3)20(21)22-16(4)17-10-12-19(13-11-17)18-8-6-14(2)7-9-18;1-6-19(3,4)18(20)22-13(2)14-7-8-16-12-17(21-5)10-9-15(16)11-14;1-5-12(2)18(19)21-13(3)14-6-7-16-11-17(20-4)9-8-15(16)10-14/h6-12,14H,5,13H2,1-4H3;7-14,16H,6H2,1-5H3;5-11,13-14H,4,12H2,1-3H3;6-13,15-16H,5H2,1-4H3;7-13H,6H2,1-5H3;6-13H,5H2,1-4H3. The summed E-state index contributed by atoms with van der Waals surface area (Å²) in [6.45, 7) is 44.9. The van der Waals surface area contributed by atoms with Crippen molar-refractivity contribution < 1.29 is 66.7 Å². The Kier molecular flexibility index (Phi) is 37.9. The highest BCUT2D eigenvalue weighted by Gasteiger charge is 2.33. The number of benzene rings is 12. The Morgan fingerprint density at radius 3 is 0.812 bits per heavy atom. The molecule has 2 aliphatic carbocycles. The highest BCUT2D eigenvalue weighted by molar-refractivity contribution is 5.87. The largest absolute Gasteiger partial charge is 0.497 e.